The number of anilines is 1. The maximum atomic E-state index is 16.9. The molecule has 1 N–H and O–H groups in total. The molecule has 11 heteroatoms. The minimum Gasteiger partial charge on any atom is -0.508 e. The molecule has 258 valence electrons. The fourth-order valence-electron chi connectivity index (χ4n) is 9.43. The molecule has 0 spiro atoms. The topological polar surface area (TPSA) is 83.4 Å². The van der Waals surface area contributed by atoms with E-state index >= 15 is 8.78 Å². The molecule has 3 atom stereocenters. The number of hydrogen-bond donors (Lipinski definition) is 1. The number of nitrogens with zero attached hydrogens (tertiary/aromatic N) is 5. The van der Waals surface area contributed by atoms with Crippen LogP contribution in [0.1, 0.15) is 52.4 Å². The highest BCUT2D eigenvalue weighted by Gasteiger charge is 2.46. The van der Waals surface area contributed by atoms with Crippen LogP contribution in [0, 0.1) is 11.6 Å². The van der Waals surface area contributed by atoms with E-state index < -0.39 is 17.4 Å². The molecule has 5 aliphatic rings. The number of halogens is 2. The van der Waals surface area contributed by atoms with E-state index in [1.807, 2.05) is 19.9 Å². The van der Waals surface area contributed by atoms with Crippen LogP contribution >= 0.6 is 0 Å². The molecule has 0 saturated carbocycles. The predicted octanol–water partition coefficient (Wildman–Crippen LogP) is 6.25. The van der Waals surface area contributed by atoms with Gasteiger partial charge in [-0.2, -0.15) is 9.97 Å². The summed E-state index contributed by atoms with van der Waals surface area (Å²) in [5.41, 5.74) is 0.542. The van der Waals surface area contributed by atoms with Crippen molar-refractivity contribution in [2.24, 2.45) is 0 Å². The van der Waals surface area contributed by atoms with Gasteiger partial charge < -0.3 is 24.2 Å². The summed E-state index contributed by atoms with van der Waals surface area (Å²) in [4.78, 5) is 17.1. The molecule has 4 aromatic rings. The van der Waals surface area contributed by atoms with Gasteiger partial charge in [0.1, 0.15) is 29.5 Å². The molecule has 0 amide bonds. The summed E-state index contributed by atoms with van der Waals surface area (Å²) in [7, 11) is 0. The highest BCUT2D eigenvalue weighted by atomic mass is 19.1. The number of aromatic hydroxyl groups is 1. The number of ether oxygens (including phenoxy) is 3. The van der Waals surface area contributed by atoms with Gasteiger partial charge in [-0.3, -0.25) is 9.80 Å². The number of benzene rings is 3. The molecular weight excluding hydrogens is 628 g/mol. The SMILES string of the molecule is CC1(C)OC[C@@H](CN2[C@@H]3CC[C@H]2CN(c2nc(OCC45CCCN4CCC5)nc4c(F)c(-c5cc(O)cc6cccc(F)c56)ccc24)C3)O1. The lowest BCUT2D eigenvalue weighted by atomic mass is 9.95. The molecule has 5 fully saturated rings. The second-order valence-electron chi connectivity index (χ2n) is 15.1. The first-order chi connectivity index (χ1) is 23.7. The molecule has 5 aliphatic heterocycles. The Morgan fingerprint density at radius 3 is 2.49 bits per heavy atom. The number of fused-ring (bicyclic) bond motifs is 5. The number of aromatic nitrogens is 2. The second-order valence-corrected chi connectivity index (χ2v) is 15.1. The summed E-state index contributed by atoms with van der Waals surface area (Å²) in [5.74, 6) is -1.05. The highest BCUT2D eigenvalue weighted by Crippen LogP contribution is 2.42. The van der Waals surface area contributed by atoms with Crippen LogP contribution in [0.5, 0.6) is 11.8 Å². The average Bonchev–Trinajstić information content (AvgIpc) is 3.80. The lowest BCUT2D eigenvalue weighted by Gasteiger charge is -2.42. The van der Waals surface area contributed by atoms with Crippen molar-refractivity contribution in [3.63, 3.8) is 0 Å². The molecule has 0 unspecified atom stereocenters. The first-order valence-corrected chi connectivity index (χ1v) is 17.8. The quantitative estimate of drug-likeness (QED) is 0.245. The van der Waals surface area contributed by atoms with E-state index in [0.29, 0.717) is 41.9 Å². The van der Waals surface area contributed by atoms with Gasteiger partial charge in [-0.1, -0.05) is 18.2 Å². The van der Waals surface area contributed by atoms with E-state index in [1.165, 1.54) is 18.2 Å². The minimum absolute atomic E-state index is 0.0256. The van der Waals surface area contributed by atoms with Gasteiger partial charge in [-0.15, -0.1) is 0 Å². The zero-order chi connectivity index (χ0) is 33.5. The van der Waals surface area contributed by atoms with Crippen LogP contribution in [0.3, 0.4) is 0 Å². The fourth-order valence-corrected chi connectivity index (χ4v) is 9.43. The third-order valence-electron chi connectivity index (χ3n) is 11.7. The fraction of sp³-hybridized carbons (Fsp3) is 0.526. The van der Waals surface area contributed by atoms with Crippen LogP contribution in [0.4, 0.5) is 14.6 Å². The number of phenolic OH excluding ortho intramolecular Hbond substituents is 1. The van der Waals surface area contributed by atoms with Crippen molar-refractivity contribution < 1.29 is 28.1 Å². The van der Waals surface area contributed by atoms with E-state index in [-0.39, 0.29) is 45.4 Å². The number of piperazine rings is 1. The van der Waals surface area contributed by atoms with Crippen LogP contribution in [-0.4, -0.2) is 100 Å². The van der Waals surface area contributed by atoms with Crippen LogP contribution in [0.15, 0.2) is 42.5 Å². The summed E-state index contributed by atoms with van der Waals surface area (Å²) in [6.07, 6.45) is 6.58. The Morgan fingerprint density at radius 2 is 1.76 bits per heavy atom. The van der Waals surface area contributed by atoms with E-state index in [9.17, 15) is 5.11 Å². The summed E-state index contributed by atoms with van der Waals surface area (Å²) in [5, 5.41) is 11.9. The third kappa shape index (κ3) is 5.40. The molecule has 5 saturated heterocycles. The molecule has 2 bridgehead atoms. The summed E-state index contributed by atoms with van der Waals surface area (Å²) < 4.78 is 50.6. The first-order valence-electron chi connectivity index (χ1n) is 17.8. The standard InChI is InChI=1S/C38H43F2N5O4/c1-37(2)48-21-27(49-37)20-45-24-8-9-25(45)19-43(18-24)35-29-11-10-28(30-17-26(46)16-23-6-3-7-31(39)32(23)30)33(40)34(29)41-36(42-35)47-22-38-12-4-14-44(38)15-5-13-38/h3,6-7,10-11,16-17,24-25,27,46H,4-5,8-9,12-15,18-22H2,1-2H3/t24-,25+,27-/m1/s1. The predicted molar refractivity (Wildman–Crippen MR) is 183 cm³/mol. The van der Waals surface area contributed by atoms with Crippen molar-refractivity contribution >= 4 is 27.5 Å². The van der Waals surface area contributed by atoms with Gasteiger partial charge >= 0.3 is 6.01 Å². The number of hydrogen-bond acceptors (Lipinski definition) is 9. The van der Waals surface area contributed by atoms with Crippen molar-refractivity contribution in [3.8, 4) is 22.9 Å². The molecule has 9 nitrogen and oxygen atoms in total. The van der Waals surface area contributed by atoms with Gasteiger partial charge in [-0.25, -0.2) is 8.78 Å². The zero-order valence-electron chi connectivity index (χ0n) is 28.1. The monoisotopic (exact) mass is 671 g/mol. The summed E-state index contributed by atoms with van der Waals surface area (Å²) >= 11 is 0. The Kier molecular flexibility index (Phi) is 7.50. The first kappa shape index (κ1) is 31.3. The Hall–Kier alpha value is -3.64. The lowest BCUT2D eigenvalue weighted by molar-refractivity contribution is -0.141. The van der Waals surface area contributed by atoms with E-state index in [1.54, 1.807) is 18.2 Å². The Morgan fingerprint density at radius 1 is 0.980 bits per heavy atom. The molecular formula is C38H43F2N5O4. The van der Waals surface area contributed by atoms with Gasteiger partial charge in [0, 0.05) is 48.1 Å². The molecule has 3 aromatic carbocycles. The molecule has 9 rings (SSSR count). The Labute approximate surface area is 284 Å². The van der Waals surface area contributed by atoms with Crippen molar-refractivity contribution in [2.45, 2.75) is 81.9 Å². The number of phenols is 1. The largest absolute Gasteiger partial charge is 0.508 e. The van der Waals surface area contributed by atoms with Gasteiger partial charge in [0.15, 0.2) is 11.6 Å². The van der Waals surface area contributed by atoms with Crippen LogP contribution < -0.4 is 9.64 Å². The zero-order valence-corrected chi connectivity index (χ0v) is 28.1. The van der Waals surface area contributed by atoms with Crippen molar-refractivity contribution in [1.82, 2.24) is 19.8 Å². The van der Waals surface area contributed by atoms with Crippen molar-refractivity contribution in [2.75, 3.05) is 50.8 Å². The Bertz CT molecular complexity index is 1920. The minimum atomic E-state index is -0.592. The average molecular weight is 672 g/mol. The summed E-state index contributed by atoms with van der Waals surface area (Å²) in [6, 6.07) is 11.8. The van der Waals surface area contributed by atoms with Crippen LogP contribution in [-0.2, 0) is 9.47 Å². The van der Waals surface area contributed by atoms with E-state index in [2.05, 4.69) is 14.7 Å². The third-order valence-corrected chi connectivity index (χ3v) is 11.7. The smallest absolute Gasteiger partial charge is 0.319 e. The van der Waals surface area contributed by atoms with Gasteiger partial charge in [0.2, 0.25) is 0 Å². The van der Waals surface area contributed by atoms with E-state index in [0.717, 1.165) is 71.2 Å². The number of rotatable bonds is 7. The normalized spacial score (nSPS) is 26.3. The van der Waals surface area contributed by atoms with Gasteiger partial charge in [0.05, 0.1) is 18.2 Å². The molecule has 6 heterocycles. The summed E-state index contributed by atoms with van der Waals surface area (Å²) in [6.45, 7) is 9.40. The maximum absolute atomic E-state index is 16.9. The van der Waals surface area contributed by atoms with E-state index in [4.69, 9.17) is 24.2 Å². The molecule has 0 aliphatic carbocycles. The molecule has 1 aromatic heterocycles. The van der Waals surface area contributed by atoms with Crippen molar-refractivity contribution in [1.29, 1.82) is 0 Å². The Balaban J connectivity index is 1.10. The molecule has 0 radical (unpaired) electrons. The van der Waals surface area contributed by atoms with Gasteiger partial charge in [0.25, 0.3) is 0 Å². The van der Waals surface area contributed by atoms with Crippen LogP contribution in [0.25, 0.3) is 32.8 Å². The highest BCUT2D eigenvalue weighted by molar-refractivity contribution is 6.01. The lowest BCUT2D eigenvalue weighted by Crippen LogP contribution is -2.56. The van der Waals surface area contributed by atoms with Gasteiger partial charge in [-0.05, 0) is 101 Å². The second kappa shape index (κ2) is 11.7. The molecule has 49 heavy (non-hydrogen) atoms. The van der Waals surface area contributed by atoms with Crippen LogP contribution in [0.2, 0.25) is 0 Å². The maximum Gasteiger partial charge on any atom is 0.319 e. The van der Waals surface area contributed by atoms with Crippen molar-refractivity contribution in [3.05, 3.63) is 54.1 Å².